The summed E-state index contributed by atoms with van der Waals surface area (Å²) < 4.78 is 4.92. The second-order valence-electron chi connectivity index (χ2n) is 6.48. The van der Waals surface area contributed by atoms with Crippen molar-refractivity contribution in [3.05, 3.63) is 34.2 Å². The molecule has 0 radical (unpaired) electrons. The van der Waals surface area contributed by atoms with Crippen LogP contribution in [-0.4, -0.2) is 78.0 Å². The largest absolute Gasteiger partial charge is 0.375 e. The van der Waals surface area contributed by atoms with Gasteiger partial charge in [-0.15, -0.1) is 0 Å². The summed E-state index contributed by atoms with van der Waals surface area (Å²) in [6.45, 7) is 1.97. The number of methoxy groups -OCH3 is 1. The van der Waals surface area contributed by atoms with E-state index in [4.69, 9.17) is 4.74 Å². The third-order valence-electron chi connectivity index (χ3n) is 4.52. The monoisotopic (exact) mass is 361 g/mol. The molecule has 3 rings (SSSR count). The van der Waals surface area contributed by atoms with Crippen molar-refractivity contribution in [1.82, 2.24) is 25.1 Å². The van der Waals surface area contributed by atoms with Gasteiger partial charge in [0.05, 0.1) is 11.0 Å². The van der Waals surface area contributed by atoms with Gasteiger partial charge >= 0.3 is 5.69 Å². The molecular weight excluding hydrogens is 338 g/mol. The fourth-order valence-corrected chi connectivity index (χ4v) is 3.15. The molecule has 1 saturated heterocycles. The van der Waals surface area contributed by atoms with E-state index in [1.54, 1.807) is 11.0 Å². The van der Waals surface area contributed by atoms with Crippen molar-refractivity contribution >= 4 is 22.8 Å². The van der Waals surface area contributed by atoms with Crippen LogP contribution in [0.5, 0.6) is 0 Å². The number of carbonyl (C=O) groups excluding carboxylic acids is 2. The molecule has 0 saturated carbocycles. The van der Waals surface area contributed by atoms with E-state index in [1.807, 2.05) is 24.1 Å². The summed E-state index contributed by atoms with van der Waals surface area (Å²) in [5, 5.41) is 2.89. The Bertz CT molecular complexity index is 858. The van der Waals surface area contributed by atoms with Crippen LogP contribution in [-0.2, 0) is 20.9 Å². The standard InChI is InChI=1S/C17H23N5O4/c1-21-5-6-22(15(23)10-26-2)14(9-21)16(24)18-8-11-3-4-12-13(7-11)20-17(25)19-12/h3-4,7,14H,5-6,8-10H2,1-2H3,(H,18,24)(H2,19,20,25)/t14-/m1/s1. The van der Waals surface area contributed by atoms with Gasteiger partial charge in [0.2, 0.25) is 11.8 Å². The number of likely N-dealkylation sites (N-methyl/N-ethyl adjacent to an activating group) is 1. The number of rotatable bonds is 5. The summed E-state index contributed by atoms with van der Waals surface area (Å²) in [6, 6.07) is 4.89. The maximum atomic E-state index is 12.7. The molecule has 2 aromatic rings. The topological polar surface area (TPSA) is 111 Å². The van der Waals surface area contributed by atoms with E-state index in [2.05, 4.69) is 15.3 Å². The molecule has 0 bridgehead atoms. The van der Waals surface area contributed by atoms with Crippen LogP contribution < -0.4 is 11.0 Å². The molecule has 1 aromatic carbocycles. The zero-order valence-corrected chi connectivity index (χ0v) is 14.9. The first-order valence-electron chi connectivity index (χ1n) is 8.43. The quantitative estimate of drug-likeness (QED) is 0.650. The molecule has 2 heterocycles. The van der Waals surface area contributed by atoms with E-state index in [1.165, 1.54) is 7.11 Å². The molecule has 140 valence electrons. The van der Waals surface area contributed by atoms with Crippen molar-refractivity contribution in [2.45, 2.75) is 12.6 Å². The molecule has 1 aliphatic heterocycles. The molecule has 3 N–H and O–H groups in total. The highest BCUT2D eigenvalue weighted by Gasteiger charge is 2.33. The number of imidazole rings is 1. The van der Waals surface area contributed by atoms with Gasteiger partial charge in [0.15, 0.2) is 0 Å². The zero-order valence-electron chi connectivity index (χ0n) is 14.9. The van der Waals surface area contributed by atoms with Gasteiger partial charge < -0.3 is 29.8 Å². The van der Waals surface area contributed by atoms with E-state index in [0.717, 1.165) is 17.6 Å². The van der Waals surface area contributed by atoms with E-state index < -0.39 is 6.04 Å². The fraction of sp³-hybridized carbons (Fsp3) is 0.471. The lowest BCUT2D eigenvalue weighted by molar-refractivity contribution is -0.146. The van der Waals surface area contributed by atoms with Crippen molar-refractivity contribution in [3.8, 4) is 0 Å². The number of carbonyl (C=O) groups is 2. The van der Waals surface area contributed by atoms with E-state index >= 15 is 0 Å². The van der Waals surface area contributed by atoms with Gasteiger partial charge in [0, 0.05) is 33.3 Å². The van der Waals surface area contributed by atoms with E-state index in [-0.39, 0.29) is 24.1 Å². The average molecular weight is 361 g/mol. The van der Waals surface area contributed by atoms with Gasteiger partial charge in [-0.2, -0.15) is 0 Å². The highest BCUT2D eigenvalue weighted by Crippen LogP contribution is 2.12. The Hall–Kier alpha value is -2.65. The lowest BCUT2D eigenvalue weighted by atomic mass is 10.1. The molecular formula is C17H23N5O4. The van der Waals surface area contributed by atoms with Gasteiger partial charge in [-0.3, -0.25) is 9.59 Å². The minimum Gasteiger partial charge on any atom is -0.375 e. The Morgan fingerprint density at radius 1 is 1.27 bits per heavy atom. The fourth-order valence-electron chi connectivity index (χ4n) is 3.15. The summed E-state index contributed by atoms with van der Waals surface area (Å²) in [4.78, 5) is 45.2. The Morgan fingerprint density at radius 2 is 2.04 bits per heavy atom. The summed E-state index contributed by atoms with van der Waals surface area (Å²) in [7, 11) is 3.39. The second-order valence-corrected chi connectivity index (χ2v) is 6.48. The number of hydrogen-bond donors (Lipinski definition) is 3. The number of aromatic nitrogens is 2. The number of hydrogen-bond acceptors (Lipinski definition) is 5. The maximum absolute atomic E-state index is 12.7. The number of benzene rings is 1. The molecule has 9 nitrogen and oxygen atoms in total. The lowest BCUT2D eigenvalue weighted by Gasteiger charge is -2.39. The maximum Gasteiger partial charge on any atom is 0.323 e. The van der Waals surface area contributed by atoms with Crippen LogP contribution in [0.25, 0.3) is 11.0 Å². The van der Waals surface area contributed by atoms with Crippen LogP contribution in [0.1, 0.15) is 5.56 Å². The Morgan fingerprint density at radius 3 is 2.81 bits per heavy atom. The molecule has 1 aliphatic rings. The predicted molar refractivity (Wildman–Crippen MR) is 95.6 cm³/mol. The minimum absolute atomic E-state index is 0.0367. The average Bonchev–Trinajstić information content (AvgIpc) is 2.99. The highest BCUT2D eigenvalue weighted by atomic mass is 16.5. The molecule has 0 unspecified atom stereocenters. The van der Waals surface area contributed by atoms with Crippen molar-refractivity contribution in [1.29, 1.82) is 0 Å². The second kappa shape index (κ2) is 7.71. The first-order valence-corrected chi connectivity index (χ1v) is 8.43. The predicted octanol–water partition coefficient (Wildman–Crippen LogP) is -0.739. The summed E-state index contributed by atoms with van der Waals surface area (Å²) >= 11 is 0. The normalized spacial score (nSPS) is 18.2. The summed E-state index contributed by atoms with van der Waals surface area (Å²) in [5.74, 6) is -0.393. The van der Waals surface area contributed by atoms with E-state index in [0.29, 0.717) is 25.2 Å². The first-order chi connectivity index (χ1) is 12.5. The van der Waals surface area contributed by atoms with Crippen LogP contribution in [0.15, 0.2) is 23.0 Å². The number of nitrogens with zero attached hydrogens (tertiary/aromatic N) is 2. The third kappa shape index (κ3) is 3.94. The van der Waals surface area contributed by atoms with E-state index in [9.17, 15) is 14.4 Å². The van der Waals surface area contributed by atoms with Crippen LogP contribution in [0, 0.1) is 0 Å². The Labute approximate surface area is 150 Å². The molecule has 1 fully saturated rings. The minimum atomic E-state index is -0.549. The molecule has 1 atom stereocenters. The molecule has 9 heteroatoms. The molecule has 26 heavy (non-hydrogen) atoms. The van der Waals surface area contributed by atoms with Crippen molar-refractivity contribution in [2.24, 2.45) is 0 Å². The number of aromatic amines is 2. The molecule has 2 amide bonds. The van der Waals surface area contributed by atoms with Crippen LogP contribution in [0.3, 0.4) is 0 Å². The van der Waals surface area contributed by atoms with Crippen molar-refractivity contribution in [2.75, 3.05) is 40.4 Å². The highest BCUT2D eigenvalue weighted by molar-refractivity contribution is 5.88. The number of amides is 2. The van der Waals surface area contributed by atoms with Gasteiger partial charge in [-0.1, -0.05) is 6.07 Å². The zero-order chi connectivity index (χ0) is 18.7. The number of nitrogens with one attached hydrogen (secondary N) is 3. The SMILES string of the molecule is COCC(=O)N1CCN(C)C[C@@H]1C(=O)NCc1ccc2[nH]c(=O)[nH]c2c1. The van der Waals surface area contributed by atoms with Gasteiger partial charge in [-0.25, -0.2) is 4.79 Å². The van der Waals surface area contributed by atoms with Crippen LogP contribution in [0.4, 0.5) is 0 Å². The molecule has 0 aliphatic carbocycles. The number of ether oxygens (including phenoxy) is 1. The summed E-state index contributed by atoms with van der Waals surface area (Å²) in [6.07, 6.45) is 0. The molecule has 1 aromatic heterocycles. The van der Waals surface area contributed by atoms with Gasteiger partial charge in [0.25, 0.3) is 0 Å². The van der Waals surface area contributed by atoms with Crippen LogP contribution in [0.2, 0.25) is 0 Å². The first kappa shape index (κ1) is 18.2. The number of H-pyrrole nitrogens is 2. The number of fused-ring (bicyclic) bond motifs is 1. The Balaban J connectivity index is 1.67. The van der Waals surface area contributed by atoms with Crippen molar-refractivity contribution < 1.29 is 14.3 Å². The summed E-state index contributed by atoms with van der Waals surface area (Å²) in [5.41, 5.74) is 2.00. The smallest absolute Gasteiger partial charge is 0.323 e. The van der Waals surface area contributed by atoms with Gasteiger partial charge in [0.1, 0.15) is 12.6 Å². The lowest BCUT2D eigenvalue weighted by Crippen LogP contribution is -2.60. The number of piperazine rings is 1. The molecule has 0 spiro atoms. The van der Waals surface area contributed by atoms with Crippen LogP contribution >= 0.6 is 0 Å². The van der Waals surface area contributed by atoms with Crippen molar-refractivity contribution in [3.63, 3.8) is 0 Å². The van der Waals surface area contributed by atoms with Gasteiger partial charge in [-0.05, 0) is 24.7 Å². The Kier molecular flexibility index (Phi) is 5.38. The third-order valence-corrected chi connectivity index (χ3v) is 4.52.